The van der Waals surface area contributed by atoms with Gasteiger partial charge in [0, 0.05) is 13.1 Å². The van der Waals surface area contributed by atoms with Crippen LogP contribution in [0.1, 0.15) is 0 Å². The Kier molecular flexibility index (Phi) is 6.05. The van der Waals surface area contributed by atoms with Gasteiger partial charge in [0.05, 0.1) is 45.7 Å². The molecule has 0 bridgehead atoms. The van der Waals surface area contributed by atoms with Crippen LogP contribution in [0.4, 0.5) is 0 Å². The molecule has 0 aliphatic carbocycles. The number of morpholine rings is 1. The molecular formula is C9H19NO4. The van der Waals surface area contributed by atoms with Crippen molar-refractivity contribution in [3.63, 3.8) is 0 Å². The molecule has 1 rings (SSSR count). The molecular weight excluding hydrogens is 186 g/mol. The summed E-state index contributed by atoms with van der Waals surface area (Å²) in [5.41, 5.74) is 0. The van der Waals surface area contributed by atoms with Crippen molar-refractivity contribution in [1.29, 1.82) is 0 Å². The van der Waals surface area contributed by atoms with Crippen LogP contribution < -0.4 is 0 Å². The van der Waals surface area contributed by atoms with Gasteiger partial charge in [-0.2, -0.15) is 0 Å². The average molecular weight is 205 g/mol. The summed E-state index contributed by atoms with van der Waals surface area (Å²) in [5.74, 6) is 0. The first-order chi connectivity index (χ1) is 6.88. The molecule has 0 saturated carbocycles. The fourth-order valence-electron chi connectivity index (χ4n) is 1.50. The van der Waals surface area contributed by atoms with Gasteiger partial charge in [0.1, 0.15) is 0 Å². The SMILES string of the molecule is OCCOCCN1CCOCC1CO. The zero-order valence-electron chi connectivity index (χ0n) is 8.39. The summed E-state index contributed by atoms with van der Waals surface area (Å²) in [4.78, 5) is 2.15. The van der Waals surface area contributed by atoms with Crippen LogP contribution in [0.25, 0.3) is 0 Å². The minimum Gasteiger partial charge on any atom is -0.395 e. The molecule has 5 heteroatoms. The molecule has 5 nitrogen and oxygen atoms in total. The summed E-state index contributed by atoms with van der Waals surface area (Å²) < 4.78 is 10.4. The van der Waals surface area contributed by atoms with Crippen molar-refractivity contribution in [3.8, 4) is 0 Å². The normalized spacial score (nSPS) is 24.0. The molecule has 1 saturated heterocycles. The number of hydrogen-bond donors (Lipinski definition) is 2. The summed E-state index contributed by atoms with van der Waals surface area (Å²) in [6.45, 7) is 4.10. The van der Waals surface area contributed by atoms with Crippen molar-refractivity contribution in [2.45, 2.75) is 6.04 Å². The van der Waals surface area contributed by atoms with Crippen LogP contribution in [0.3, 0.4) is 0 Å². The molecule has 0 spiro atoms. The van der Waals surface area contributed by atoms with Crippen molar-refractivity contribution in [1.82, 2.24) is 4.90 Å². The molecule has 2 N–H and O–H groups in total. The molecule has 1 aliphatic heterocycles. The third-order valence-corrected chi connectivity index (χ3v) is 2.32. The highest BCUT2D eigenvalue weighted by molar-refractivity contribution is 4.73. The second-order valence-electron chi connectivity index (χ2n) is 3.28. The van der Waals surface area contributed by atoms with E-state index in [-0.39, 0.29) is 19.3 Å². The lowest BCUT2D eigenvalue weighted by Crippen LogP contribution is -2.48. The molecule has 84 valence electrons. The lowest BCUT2D eigenvalue weighted by atomic mass is 10.2. The molecule has 1 atom stereocenters. The maximum atomic E-state index is 9.06. The molecule has 1 aliphatic rings. The predicted octanol–water partition coefficient (Wildman–Crippen LogP) is -1.31. The lowest BCUT2D eigenvalue weighted by Gasteiger charge is -2.34. The number of rotatable bonds is 6. The highest BCUT2D eigenvalue weighted by Crippen LogP contribution is 2.05. The van der Waals surface area contributed by atoms with Crippen molar-refractivity contribution < 1.29 is 19.7 Å². The van der Waals surface area contributed by atoms with Gasteiger partial charge in [0.2, 0.25) is 0 Å². The summed E-state index contributed by atoms with van der Waals surface area (Å²) in [6.07, 6.45) is 0. The lowest BCUT2D eigenvalue weighted by molar-refractivity contribution is -0.0391. The monoisotopic (exact) mass is 205 g/mol. The van der Waals surface area contributed by atoms with Crippen LogP contribution in [0.2, 0.25) is 0 Å². The Morgan fingerprint density at radius 3 is 2.93 bits per heavy atom. The van der Waals surface area contributed by atoms with Crippen LogP contribution in [0, 0.1) is 0 Å². The zero-order chi connectivity index (χ0) is 10.2. The van der Waals surface area contributed by atoms with E-state index in [1.807, 2.05) is 0 Å². The van der Waals surface area contributed by atoms with E-state index in [1.54, 1.807) is 0 Å². The van der Waals surface area contributed by atoms with E-state index >= 15 is 0 Å². The van der Waals surface area contributed by atoms with Gasteiger partial charge >= 0.3 is 0 Å². The highest BCUT2D eigenvalue weighted by Gasteiger charge is 2.21. The maximum Gasteiger partial charge on any atom is 0.0698 e. The largest absolute Gasteiger partial charge is 0.395 e. The molecule has 1 unspecified atom stereocenters. The van der Waals surface area contributed by atoms with Crippen molar-refractivity contribution in [3.05, 3.63) is 0 Å². The number of ether oxygens (including phenoxy) is 2. The Labute approximate surface area is 84.2 Å². The topological polar surface area (TPSA) is 62.2 Å². The molecule has 1 heterocycles. The summed E-state index contributed by atoms with van der Waals surface area (Å²) in [5, 5.41) is 17.6. The molecule has 0 aromatic carbocycles. The van der Waals surface area contributed by atoms with E-state index in [9.17, 15) is 0 Å². The molecule has 0 aromatic heterocycles. The Balaban J connectivity index is 2.13. The molecule has 0 radical (unpaired) electrons. The third kappa shape index (κ3) is 3.89. The molecule has 1 fully saturated rings. The van der Waals surface area contributed by atoms with Gasteiger partial charge in [-0.3, -0.25) is 4.90 Å². The maximum absolute atomic E-state index is 9.06. The van der Waals surface area contributed by atoms with Gasteiger partial charge < -0.3 is 19.7 Å². The fourth-order valence-corrected chi connectivity index (χ4v) is 1.50. The minimum absolute atomic E-state index is 0.0620. The van der Waals surface area contributed by atoms with Crippen LogP contribution in [-0.4, -0.2) is 73.9 Å². The van der Waals surface area contributed by atoms with Gasteiger partial charge in [0.15, 0.2) is 0 Å². The number of aliphatic hydroxyl groups is 2. The smallest absolute Gasteiger partial charge is 0.0698 e. The summed E-state index contributed by atoms with van der Waals surface area (Å²) in [6, 6.07) is 0.0986. The van der Waals surface area contributed by atoms with Crippen LogP contribution in [-0.2, 0) is 9.47 Å². The van der Waals surface area contributed by atoms with E-state index in [4.69, 9.17) is 19.7 Å². The predicted molar refractivity (Wildman–Crippen MR) is 51.2 cm³/mol. The first kappa shape index (κ1) is 11.9. The Morgan fingerprint density at radius 1 is 1.36 bits per heavy atom. The van der Waals surface area contributed by atoms with Crippen LogP contribution in [0.5, 0.6) is 0 Å². The van der Waals surface area contributed by atoms with Gasteiger partial charge in [0.25, 0.3) is 0 Å². The molecule has 14 heavy (non-hydrogen) atoms. The molecule has 0 aromatic rings. The van der Waals surface area contributed by atoms with E-state index in [0.29, 0.717) is 19.8 Å². The standard InChI is InChI=1S/C9H19NO4/c11-3-6-13-4-1-10-2-5-14-8-9(10)7-12/h9,11-12H,1-8H2. The Morgan fingerprint density at radius 2 is 2.21 bits per heavy atom. The van der Waals surface area contributed by atoms with Crippen molar-refractivity contribution in [2.75, 3.05) is 52.7 Å². The van der Waals surface area contributed by atoms with Crippen molar-refractivity contribution in [2.24, 2.45) is 0 Å². The van der Waals surface area contributed by atoms with Crippen LogP contribution in [0.15, 0.2) is 0 Å². The minimum atomic E-state index is 0.0620. The van der Waals surface area contributed by atoms with Gasteiger partial charge in [-0.1, -0.05) is 0 Å². The Bertz CT molecular complexity index is 145. The number of nitrogens with zero attached hydrogens (tertiary/aromatic N) is 1. The van der Waals surface area contributed by atoms with E-state index in [0.717, 1.165) is 19.7 Å². The second-order valence-corrected chi connectivity index (χ2v) is 3.28. The average Bonchev–Trinajstić information content (AvgIpc) is 2.25. The highest BCUT2D eigenvalue weighted by atomic mass is 16.5. The van der Waals surface area contributed by atoms with Crippen molar-refractivity contribution >= 4 is 0 Å². The zero-order valence-corrected chi connectivity index (χ0v) is 8.39. The van der Waals surface area contributed by atoms with E-state index in [1.165, 1.54) is 0 Å². The third-order valence-electron chi connectivity index (χ3n) is 2.32. The first-order valence-electron chi connectivity index (χ1n) is 4.99. The number of aliphatic hydroxyl groups excluding tert-OH is 2. The first-order valence-corrected chi connectivity index (χ1v) is 4.99. The Hall–Kier alpha value is -0.200. The van der Waals surface area contributed by atoms with Gasteiger partial charge in [-0.15, -0.1) is 0 Å². The second kappa shape index (κ2) is 7.14. The van der Waals surface area contributed by atoms with Gasteiger partial charge in [-0.25, -0.2) is 0 Å². The molecule has 0 amide bonds. The van der Waals surface area contributed by atoms with E-state index < -0.39 is 0 Å². The van der Waals surface area contributed by atoms with Crippen LogP contribution >= 0.6 is 0 Å². The quantitative estimate of drug-likeness (QED) is 0.527. The summed E-state index contributed by atoms with van der Waals surface area (Å²) >= 11 is 0. The summed E-state index contributed by atoms with van der Waals surface area (Å²) in [7, 11) is 0. The van der Waals surface area contributed by atoms with Gasteiger partial charge in [-0.05, 0) is 0 Å². The fraction of sp³-hybridized carbons (Fsp3) is 1.00. The number of hydrogen-bond acceptors (Lipinski definition) is 5. The van der Waals surface area contributed by atoms with E-state index in [2.05, 4.69) is 4.90 Å².